The number of rotatable bonds is 5. The molecule has 1 aliphatic heterocycles. The molecule has 1 amide bonds. The highest BCUT2D eigenvalue weighted by atomic mass is 16.2. The van der Waals surface area contributed by atoms with Gasteiger partial charge < -0.3 is 10.6 Å². The fourth-order valence-corrected chi connectivity index (χ4v) is 3.72. The first-order valence-electron chi connectivity index (χ1n) is 8.38. The second kappa shape index (κ2) is 7.41. The molecule has 1 unspecified atom stereocenters. The predicted octanol–water partition coefficient (Wildman–Crippen LogP) is 1.90. The van der Waals surface area contributed by atoms with Crippen LogP contribution in [0.15, 0.2) is 0 Å². The molecule has 0 aromatic carbocycles. The van der Waals surface area contributed by atoms with Crippen molar-refractivity contribution in [2.45, 2.75) is 69.9 Å². The van der Waals surface area contributed by atoms with Crippen LogP contribution in [0.2, 0.25) is 0 Å². The molecule has 0 radical (unpaired) electrons. The summed E-state index contributed by atoms with van der Waals surface area (Å²) >= 11 is 0. The van der Waals surface area contributed by atoms with Crippen LogP contribution in [-0.4, -0.2) is 49.1 Å². The van der Waals surface area contributed by atoms with E-state index in [0.29, 0.717) is 0 Å². The standard InChI is InChI=1S/C16H31N3O/c1-14(17-2)15(20)18-13-16(9-5-3-6-10-16)19-11-7-4-8-12-19/h14,17H,3-13H2,1-2H3,(H,18,20). The third-order valence-electron chi connectivity index (χ3n) is 5.23. The maximum absolute atomic E-state index is 12.0. The Balaban J connectivity index is 1.97. The van der Waals surface area contributed by atoms with Gasteiger partial charge in [-0.25, -0.2) is 0 Å². The Morgan fingerprint density at radius 2 is 1.70 bits per heavy atom. The van der Waals surface area contributed by atoms with E-state index in [1.54, 1.807) is 0 Å². The van der Waals surface area contributed by atoms with E-state index in [1.807, 2.05) is 14.0 Å². The third-order valence-corrected chi connectivity index (χ3v) is 5.23. The molecule has 4 nitrogen and oxygen atoms in total. The van der Waals surface area contributed by atoms with Gasteiger partial charge in [-0.3, -0.25) is 9.69 Å². The molecule has 116 valence electrons. The second-order valence-electron chi connectivity index (χ2n) is 6.56. The largest absolute Gasteiger partial charge is 0.353 e. The van der Waals surface area contributed by atoms with E-state index in [9.17, 15) is 4.79 Å². The third kappa shape index (κ3) is 3.73. The fourth-order valence-electron chi connectivity index (χ4n) is 3.72. The van der Waals surface area contributed by atoms with Crippen molar-refractivity contribution in [2.75, 3.05) is 26.7 Å². The topological polar surface area (TPSA) is 44.4 Å². The van der Waals surface area contributed by atoms with Crippen LogP contribution < -0.4 is 10.6 Å². The lowest BCUT2D eigenvalue weighted by atomic mass is 9.79. The molecule has 20 heavy (non-hydrogen) atoms. The van der Waals surface area contributed by atoms with Crippen molar-refractivity contribution in [2.24, 2.45) is 0 Å². The monoisotopic (exact) mass is 281 g/mol. The number of hydrogen-bond donors (Lipinski definition) is 2. The average molecular weight is 281 g/mol. The Kier molecular flexibility index (Phi) is 5.85. The number of likely N-dealkylation sites (N-methyl/N-ethyl adjacent to an activating group) is 1. The zero-order chi connectivity index (χ0) is 14.4. The lowest BCUT2D eigenvalue weighted by Gasteiger charge is -2.48. The van der Waals surface area contributed by atoms with Crippen molar-refractivity contribution >= 4 is 5.91 Å². The zero-order valence-corrected chi connectivity index (χ0v) is 13.2. The molecule has 1 saturated heterocycles. The van der Waals surface area contributed by atoms with Gasteiger partial charge in [0.05, 0.1) is 6.04 Å². The highest BCUT2D eigenvalue weighted by Crippen LogP contribution is 2.35. The first-order chi connectivity index (χ1) is 9.68. The summed E-state index contributed by atoms with van der Waals surface area (Å²) in [5, 5.41) is 6.22. The first kappa shape index (κ1) is 15.8. The number of piperidine rings is 1. The maximum atomic E-state index is 12.0. The van der Waals surface area contributed by atoms with Gasteiger partial charge in [-0.05, 0) is 52.7 Å². The number of nitrogens with one attached hydrogen (secondary N) is 2. The van der Waals surface area contributed by atoms with E-state index in [2.05, 4.69) is 15.5 Å². The van der Waals surface area contributed by atoms with Gasteiger partial charge in [-0.2, -0.15) is 0 Å². The lowest BCUT2D eigenvalue weighted by molar-refractivity contribution is -0.123. The molecular formula is C16H31N3O. The minimum atomic E-state index is -0.100. The summed E-state index contributed by atoms with van der Waals surface area (Å²) in [4.78, 5) is 14.7. The fraction of sp³-hybridized carbons (Fsp3) is 0.938. The highest BCUT2D eigenvalue weighted by Gasteiger charge is 2.38. The number of nitrogens with zero attached hydrogens (tertiary/aromatic N) is 1. The summed E-state index contributed by atoms with van der Waals surface area (Å²) in [6, 6.07) is -0.100. The SMILES string of the molecule is CNC(C)C(=O)NCC1(N2CCCCC2)CCCCC1. The maximum Gasteiger partial charge on any atom is 0.236 e. The second-order valence-corrected chi connectivity index (χ2v) is 6.56. The van der Waals surface area contributed by atoms with Crippen LogP contribution in [0.1, 0.15) is 58.3 Å². The van der Waals surface area contributed by atoms with Crippen LogP contribution in [0.25, 0.3) is 0 Å². The van der Waals surface area contributed by atoms with Crippen LogP contribution >= 0.6 is 0 Å². The van der Waals surface area contributed by atoms with E-state index in [1.165, 1.54) is 64.5 Å². The Hall–Kier alpha value is -0.610. The Morgan fingerprint density at radius 3 is 2.30 bits per heavy atom. The van der Waals surface area contributed by atoms with E-state index in [0.717, 1.165) is 6.54 Å². The number of carbonyl (C=O) groups is 1. The molecule has 1 heterocycles. The van der Waals surface area contributed by atoms with Crippen molar-refractivity contribution in [1.82, 2.24) is 15.5 Å². The van der Waals surface area contributed by atoms with E-state index < -0.39 is 0 Å². The molecule has 0 aromatic heterocycles. The number of amides is 1. The molecular weight excluding hydrogens is 250 g/mol. The first-order valence-corrected chi connectivity index (χ1v) is 8.38. The van der Waals surface area contributed by atoms with Crippen LogP contribution in [0.3, 0.4) is 0 Å². The number of likely N-dealkylation sites (tertiary alicyclic amines) is 1. The van der Waals surface area contributed by atoms with E-state index in [4.69, 9.17) is 0 Å². The van der Waals surface area contributed by atoms with Gasteiger partial charge in [0.2, 0.25) is 5.91 Å². The molecule has 2 rings (SSSR count). The number of carbonyl (C=O) groups excluding carboxylic acids is 1. The highest BCUT2D eigenvalue weighted by molar-refractivity contribution is 5.81. The van der Waals surface area contributed by atoms with Gasteiger partial charge in [0.1, 0.15) is 0 Å². The minimum Gasteiger partial charge on any atom is -0.353 e. The Morgan fingerprint density at radius 1 is 1.10 bits per heavy atom. The summed E-state index contributed by atoms with van der Waals surface area (Å²) in [5.74, 6) is 0.134. The smallest absolute Gasteiger partial charge is 0.236 e. The van der Waals surface area contributed by atoms with Gasteiger partial charge >= 0.3 is 0 Å². The average Bonchev–Trinajstić information content (AvgIpc) is 2.53. The summed E-state index contributed by atoms with van der Waals surface area (Å²) < 4.78 is 0. The van der Waals surface area contributed by atoms with Crippen LogP contribution in [-0.2, 0) is 4.79 Å². The normalized spacial score (nSPS) is 25.1. The summed E-state index contributed by atoms with van der Waals surface area (Å²) in [6.07, 6.45) is 10.5. The molecule has 4 heteroatoms. The van der Waals surface area contributed by atoms with Crippen molar-refractivity contribution in [3.05, 3.63) is 0 Å². The van der Waals surface area contributed by atoms with Gasteiger partial charge in [0, 0.05) is 12.1 Å². The van der Waals surface area contributed by atoms with Crippen LogP contribution in [0.5, 0.6) is 0 Å². The molecule has 0 bridgehead atoms. The quantitative estimate of drug-likeness (QED) is 0.809. The molecule has 2 aliphatic rings. The van der Waals surface area contributed by atoms with Crippen molar-refractivity contribution in [3.8, 4) is 0 Å². The molecule has 0 aromatic rings. The van der Waals surface area contributed by atoms with Gasteiger partial charge in [-0.1, -0.05) is 25.7 Å². The summed E-state index contributed by atoms with van der Waals surface area (Å²) in [6.45, 7) is 5.19. The van der Waals surface area contributed by atoms with Crippen molar-refractivity contribution in [1.29, 1.82) is 0 Å². The molecule has 1 saturated carbocycles. The van der Waals surface area contributed by atoms with Gasteiger partial charge in [0.25, 0.3) is 0 Å². The number of hydrogen-bond acceptors (Lipinski definition) is 3. The predicted molar refractivity (Wildman–Crippen MR) is 82.8 cm³/mol. The molecule has 2 fully saturated rings. The van der Waals surface area contributed by atoms with E-state index in [-0.39, 0.29) is 17.5 Å². The zero-order valence-electron chi connectivity index (χ0n) is 13.2. The molecule has 2 N–H and O–H groups in total. The minimum absolute atomic E-state index is 0.100. The Bertz CT molecular complexity index is 307. The van der Waals surface area contributed by atoms with Crippen molar-refractivity contribution in [3.63, 3.8) is 0 Å². The summed E-state index contributed by atoms with van der Waals surface area (Å²) in [7, 11) is 1.84. The van der Waals surface area contributed by atoms with Crippen LogP contribution in [0, 0.1) is 0 Å². The van der Waals surface area contributed by atoms with E-state index >= 15 is 0 Å². The molecule has 1 atom stereocenters. The van der Waals surface area contributed by atoms with Crippen LogP contribution in [0.4, 0.5) is 0 Å². The Labute approximate surface area is 123 Å². The van der Waals surface area contributed by atoms with Gasteiger partial charge in [-0.15, -0.1) is 0 Å². The van der Waals surface area contributed by atoms with Crippen molar-refractivity contribution < 1.29 is 4.79 Å². The summed E-state index contributed by atoms with van der Waals surface area (Å²) in [5.41, 5.74) is 0.238. The molecule has 1 aliphatic carbocycles. The lowest BCUT2D eigenvalue weighted by Crippen LogP contribution is -2.59. The van der Waals surface area contributed by atoms with Gasteiger partial charge in [0.15, 0.2) is 0 Å². The molecule has 0 spiro atoms.